The highest BCUT2D eigenvalue weighted by molar-refractivity contribution is 7.86. The van der Waals surface area contributed by atoms with Gasteiger partial charge in [-0.3, -0.25) is 9.69 Å². The van der Waals surface area contributed by atoms with Gasteiger partial charge in [-0.05, 0) is 24.3 Å². The van der Waals surface area contributed by atoms with Crippen molar-refractivity contribution in [3.63, 3.8) is 0 Å². The number of benzene rings is 1. The number of piperazine rings is 1. The van der Waals surface area contributed by atoms with E-state index < -0.39 is 10.2 Å². The fourth-order valence-corrected chi connectivity index (χ4v) is 3.80. The Morgan fingerprint density at radius 2 is 1.79 bits per heavy atom. The molecule has 1 aliphatic heterocycles. The van der Waals surface area contributed by atoms with Crippen LogP contribution in [0.2, 0.25) is 0 Å². The van der Waals surface area contributed by atoms with Crippen molar-refractivity contribution >= 4 is 16.1 Å². The molecule has 1 aromatic rings. The van der Waals surface area contributed by atoms with Crippen LogP contribution in [-0.2, 0) is 15.0 Å². The Labute approximate surface area is 143 Å². The summed E-state index contributed by atoms with van der Waals surface area (Å²) in [5, 5.41) is 8.27. The largest absolute Gasteiger partial charge is 0.348 e. The molecule has 2 fully saturated rings. The number of hydrogen-bond donors (Lipinski definition) is 2. The monoisotopic (exact) mass is 352 g/mol. The molecule has 0 radical (unpaired) electrons. The Kier molecular flexibility index (Phi) is 5.19. The molecule has 132 valence electrons. The Bertz CT molecular complexity index is 668. The zero-order valence-corrected chi connectivity index (χ0v) is 14.4. The van der Waals surface area contributed by atoms with E-state index in [-0.39, 0.29) is 18.5 Å². The molecule has 1 aromatic carbocycles. The van der Waals surface area contributed by atoms with Crippen LogP contribution in [0.15, 0.2) is 30.3 Å². The second-order valence-corrected chi connectivity index (χ2v) is 8.06. The quantitative estimate of drug-likeness (QED) is 0.758. The van der Waals surface area contributed by atoms with Gasteiger partial charge in [-0.1, -0.05) is 30.3 Å². The number of hydrogen-bond acceptors (Lipinski definition) is 4. The minimum Gasteiger partial charge on any atom is -0.348 e. The molecule has 3 rings (SSSR count). The normalized spacial score (nSPS) is 21.4. The molecule has 1 atom stereocenters. The average molecular weight is 352 g/mol. The highest BCUT2D eigenvalue weighted by Gasteiger charge is 2.33. The van der Waals surface area contributed by atoms with Crippen molar-refractivity contribution in [2.45, 2.75) is 18.9 Å². The van der Waals surface area contributed by atoms with E-state index in [1.54, 1.807) is 0 Å². The van der Waals surface area contributed by atoms with Crippen LogP contribution in [0.25, 0.3) is 0 Å². The molecule has 1 unspecified atom stereocenters. The second kappa shape index (κ2) is 7.18. The first kappa shape index (κ1) is 17.3. The third-order valence-corrected chi connectivity index (χ3v) is 5.71. The van der Waals surface area contributed by atoms with Crippen molar-refractivity contribution in [1.82, 2.24) is 14.5 Å². The van der Waals surface area contributed by atoms with Gasteiger partial charge in [0.2, 0.25) is 5.91 Å². The van der Waals surface area contributed by atoms with Gasteiger partial charge in [-0.2, -0.15) is 12.7 Å². The predicted molar refractivity (Wildman–Crippen MR) is 91.2 cm³/mol. The van der Waals surface area contributed by atoms with Gasteiger partial charge in [0.1, 0.15) is 0 Å². The molecule has 1 saturated carbocycles. The van der Waals surface area contributed by atoms with Gasteiger partial charge in [0.15, 0.2) is 0 Å². The number of nitrogens with one attached hydrogen (secondary N) is 1. The highest BCUT2D eigenvalue weighted by Crippen LogP contribution is 2.40. The minimum atomic E-state index is -3.63. The number of carbonyl (C=O) groups is 1. The van der Waals surface area contributed by atoms with E-state index in [2.05, 4.69) is 5.32 Å². The van der Waals surface area contributed by atoms with Gasteiger partial charge >= 0.3 is 0 Å². The molecule has 2 aliphatic rings. The van der Waals surface area contributed by atoms with E-state index in [9.17, 15) is 13.2 Å². The average Bonchev–Trinajstić information content (AvgIpc) is 3.38. The molecule has 0 spiro atoms. The van der Waals surface area contributed by atoms with Gasteiger partial charge in [-0.15, -0.1) is 0 Å². The Morgan fingerprint density at radius 3 is 2.33 bits per heavy atom. The summed E-state index contributed by atoms with van der Waals surface area (Å²) in [5.41, 5.74) is 1.15. The number of carbonyl (C=O) groups excluding carboxylic acids is 1. The van der Waals surface area contributed by atoms with E-state index in [1.807, 2.05) is 35.2 Å². The molecule has 8 heteroatoms. The van der Waals surface area contributed by atoms with Crippen molar-refractivity contribution in [2.24, 2.45) is 11.1 Å². The summed E-state index contributed by atoms with van der Waals surface area (Å²) >= 11 is 0. The SMILES string of the molecule is NS(=O)(=O)N1CCN(CC(=O)NC(c2ccccc2)C2CC2)CC1. The van der Waals surface area contributed by atoms with Crippen molar-refractivity contribution in [2.75, 3.05) is 32.7 Å². The smallest absolute Gasteiger partial charge is 0.276 e. The summed E-state index contributed by atoms with van der Waals surface area (Å²) in [5.74, 6) is 0.510. The van der Waals surface area contributed by atoms with Crippen LogP contribution in [0.1, 0.15) is 24.4 Å². The van der Waals surface area contributed by atoms with Gasteiger partial charge < -0.3 is 5.32 Å². The number of rotatable bonds is 6. The molecule has 3 N–H and O–H groups in total. The van der Waals surface area contributed by atoms with Crippen LogP contribution in [0, 0.1) is 5.92 Å². The second-order valence-electron chi connectivity index (χ2n) is 6.51. The Morgan fingerprint density at radius 1 is 1.17 bits per heavy atom. The third kappa shape index (κ3) is 4.54. The van der Waals surface area contributed by atoms with E-state index in [0.29, 0.717) is 32.1 Å². The van der Waals surface area contributed by atoms with Crippen LogP contribution >= 0.6 is 0 Å². The van der Waals surface area contributed by atoms with Crippen LogP contribution in [0.4, 0.5) is 0 Å². The molecule has 1 aliphatic carbocycles. The van der Waals surface area contributed by atoms with E-state index >= 15 is 0 Å². The maximum Gasteiger partial charge on any atom is 0.276 e. The molecule has 24 heavy (non-hydrogen) atoms. The van der Waals surface area contributed by atoms with Crippen LogP contribution in [-0.4, -0.2) is 56.3 Å². The lowest BCUT2D eigenvalue weighted by Gasteiger charge is -2.32. The molecular formula is C16H24N4O3S. The molecule has 1 amide bonds. The lowest BCUT2D eigenvalue weighted by molar-refractivity contribution is -0.123. The Balaban J connectivity index is 1.52. The van der Waals surface area contributed by atoms with Crippen LogP contribution in [0.5, 0.6) is 0 Å². The molecule has 7 nitrogen and oxygen atoms in total. The Hall–Kier alpha value is -1.48. The molecule has 1 saturated heterocycles. The van der Waals surface area contributed by atoms with Crippen LogP contribution in [0.3, 0.4) is 0 Å². The first-order valence-electron chi connectivity index (χ1n) is 8.28. The van der Waals surface area contributed by atoms with Crippen LogP contribution < -0.4 is 10.5 Å². The summed E-state index contributed by atoms with van der Waals surface area (Å²) in [6.45, 7) is 1.98. The van der Waals surface area contributed by atoms with Gasteiger partial charge in [0, 0.05) is 26.2 Å². The van der Waals surface area contributed by atoms with Gasteiger partial charge in [-0.25, -0.2) is 5.14 Å². The lowest BCUT2D eigenvalue weighted by atomic mass is 10.0. The van der Waals surface area contributed by atoms with Gasteiger partial charge in [0.25, 0.3) is 10.2 Å². The summed E-state index contributed by atoms with van der Waals surface area (Å²) in [6, 6.07) is 10.1. The van der Waals surface area contributed by atoms with E-state index in [1.165, 1.54) is 4.31 Å². The summed E-state index contributed by atoms with van der Waals surface area (Å²) in [7, 11) is -3.63. The van der Waals surface area contributed by atoms with Crippen molar-refractivity contribution in [3.8, 4) is 0 Å². The zero-order chi connectivity index (χ0) is 17.2. The molecule has 1 heterocycles. The summed E-state index contributed by atoms with van der Waals surface area (Å²) in [4.78, 5) is 14.4. The van der Waals surface area contributed by atoms with E-state index in [4.69, 9.17) is 5.14 Å². The van der Waals surface area contributed by atoms with Gasteiger partial charge in [0.05, 0.1) is 12.6 Å². The minimum absolute atomic E-state index is 0.0141. The maximum atomic E-state index is 12.4. The van der Waals surface area contributed by atoms with Crippen molar-refractivity contribution in [3.05, 3.63) is 35.9 Å². The predicted octanol–water partition coefficient (Wildman–Crippen LogP) is 0.0750. The number of amides is 1. The van der Waals surface area contributed by atoms with E-state index in [0.717, 1.165) is 18.4 Å². The standard InChI is InChI=1S/C16H24N4O3S/c17-24(22,23)20-10-8-19(9-11-20)12-15(21)18-16(14-6-7-14)13-4-2-1-3-5-13/h1-5,14,16H,6-12H2,(H,18,21)(H2,17,22,23). The number of nitrogens with two attached hydrogens (primary N) is 1. The third-order valence-electron chi connectivity index (χ3n) is 4.63. The first-order chi connectivity index (χ1) is 11.4. The fourth-order valence-electron chi connectivity index (χ4n) is 3.13. The zero-order valence-electron chi connectivity index (χ0n) is 13.6. The fraction of sp³-hybridized carbons (Fsp3) is 0.562. The van der Waals surface area contributed by atoms with Crippen molar-refractivity contribution in [1.29, 1.82) is 0 Å². The summed E-state index contributed by atoms with van der Waals surface area (Å²) in [6.07, 6.45) is 2.29. The van der Waals surface area contributed by atoms with Crippen molar-refractivity contribution < 1.29 is 13.2 Å². The maximum absolute atomic E-state index is 12.4. The summed E-state index contributed by atoms with van der Waals surface area (Å²) < 4.78 is 23.9. The molecular weight excluding hydrogens is 328 g/mol. The first-order valence-corrected chi connectivity index (χ1v) is 9.78. The molecule has 0 bridgehead atoms. The molecule has 0 aromatic heterocycles. The topological polar surface area (TPSA) is 95.7 Å². The lowest BCUT2D eigenvalue weighted by Crippen LogP contribution is -2.52. The number of nitrogens with zero attached hydrogens (tertiary/aromatic N) is 2. The highest BCUT2D eigenvalue weighted by atomic mass is 32.2.